The molecule has 6 heteroatoms. The van der Waals surface area contributed by atoms with Crippen LogP contribution in [0, 0.1) is 0 Å². The smallest absolute Gasteiger partial charge is 0.194 e. The third-order valence-corrected chi connectivity index (χ3v) is 5.44. The molecule has 2 aromatic heterocycles. The zero-order valence-electron chi connectivity index (χ0n) is 15.9. The molecule has 3 heterocycles. The van der Waals surface area contributed by atoms with Crippen molar-refractivity contribution in [2.45, 2.75) is 38.1 Å². The van der Waals surface area contributed by atoms with Crippen molar-refractivity contribution in [1.29, 1.82) is 0 Å². The van der Waals surface area contributed by atoms with Gasteiger partial charge in [-0.3, -0.25) is 4.99 Å². The van der Waals surface area contributed by atoms with Crippen LogP contribution in [-0.2, 0) is 6.42 Å². The Balaban J connectivity index is 1.37. The first-order chi connectivity index (χ1) is 13.4. The van der Waals surface area contributed by atoms with Gasteiger partial charge in [-0.25, -0.2) is 4.98 Å². The number of rotatable bonds is 5. The number of hydrogen-bond acceptors (Lipinski definition) is 4. The Hall–Kier alpha value is -2.50. The van der Waals surface area contributed by atoms with E-state index in [0.29, 0.717) is 6.04 Å². The lowest BCUT2D eigenvalue weighted by Gasteiger charge is -2.37. The van der Waals surface area contributed by atoms with Crippen molar-refractivity contribution in [2.24, 2.45) is 4.99 Å². The summed E-state index contributed by atoms with van der Waals surface area (Å²) in [4.78, 5) is 14.2. The Morgan fingerprint density at radius 1 is 1.11 bits per heavy atom. The van der Waals surface area contributed by atoms with Crippen LogP contribution < -0.4 is 10.2 Å². The topological polar surface area (TPSA) is 56.9 Å². The number of aliphatic imine (C=N–C) groups is 1. The summed E-state index contributed by atoms with van der Waals surface area (Å²) in [5.74, 6) is 3.13. The lowest BCUT2D eigenvalue weighted by atomic mass is 10.2. The SMILES string of the molecule is c1ccc(N2CCN(C(=NCCc3ccco3)NC3CCCC3)CC2)nc1. The number of piperazine rings is 1. The molecule has 0 atom stereocenters. The molecule has 144 valence electrons. The molecule has 0 amide bonds. The molecule has 27 heavy (non-hydrogen) atoms. The fourth-order valence-corrected chi connectivity index (χ4v) is 3.90. The summed E-state index contributed by atoms with van der Waals surface area (Å²) in [6.45, 7) is 4.63. The fraction of sp³-hybridized carbons (Fsp3) is 0.524. The van der Waals surface area contributed by atoms with Gasteiger partial charge in [0.15, 0.2) is 5.96 Å². The first-order valence-corrected chi connectivity index (χ1v) is 10.1. The predicted octanol–water partition coefficient (Wildman–Crippen LogP) is 2.93. The molecule has 2 fully saturated rings. The van der Waals surface area contributed by atoms with Crippen molar-refractivity contribution in [1.82, 2.24) is 15.2 Å². The van der Waals surface area contributed by atoms with Gasteiger partial charge in [-0.1, -0.05) is 18.9 Å². The van der Waals surface area contributed by atoms with E-state index in [0.717, 1.165) is 56.7 Å². The molecule has 0 radical (unpaired) electrons. The first kappa shape index (κ1) is 17.9. The highest BCUT2D eigenvalue weighted by atomic mass is 16.3. The van der Waals surface area contributed by atoms with Crippen LogP contribution in [0.3, 0.4) is 0 Å². The van der Waals surface area contributed by atoms with Crippen molar-refractivity contribution in [3.8, 4) is 0 Å². The van der Waals surface area contributed by atoms with E-state index in [-0.39, 0.29) is 0 Å². The molecule has 1 saturated heterocycles. The number of guanidine groups is 1. The average Bonchev–Trinajstić information content (AvgIpc) is 3.42. The maximum Gasteiger partial charge on any atom is 0.194 e. The highest BCUT2D eigenvalue weighted by Crippen LogP contribution is 2.19. The van der Waals surface area contributed by atoms with Crippen LogP contribution in [0.4, 0.5) is 5.82 Å². The van der Waals surface area contributed by atoms with E-state index in [1.807, 2.05) is 24.4 Å². The molecule has 2 aliphatic rings. The Bertz CT molecular complexity index is 701. The molecule has 1 aliphatic carbocycles. The van der Waals surface area contributed by atoms with Gasteiger partial charge in [0, 0.05) is 51.4 Å². The number of nitrogens with one attached hydrogen (secondary N) is 1. The van der Waals surface area contributed by atoms with Gasteiger partial charge in [-0.2, -0.15) is 0 Å². The van der Waals surface area contributed by atoms with E-state index < -0.39 is 0 Å². The standard InChI is InChI=1S/C21H29N5O/c1-2-7-18(6-1)24-21(23-12-10-19-8-5-17-27-19)26-15-13-25(14-16-26)20-9-3-4-11-22-20/h3-5,8-9,11,17-18H,1-2,6-7,10,12-16H2,(H,23,24). The summed E-state index contributed by atoms with van der Waals surface area (Å²) in [5.41, 5.74) is 0. The summed E-state index contributed by atoms with van der Waals surface area (Å²) < 4.78 is 5.44. The number of anilines is 1. The van der Waals surface area contributed by atoms with Crippen LogP contribution in [0.15, 0.2) is 52.2 Å². The largest absolute Gasteiger partial charge is 0.469 e. The highest BCUT2D eigenvalue weighted by molar-refractivity contribution is 5.80. The Labute approximate surface area is 161 Å². The van der Waals surface area contributed by atoms with Crippen molar-refractivity contribution < 1.29 is 4.42 Å². The van der Waals surface area contributed by atoms with Gasteiger partial charge < -0.3 is 19.5 Å². The van der Waals surface area contributed by atoms with E-state index >= 15 is 0 Å². The van der Waals surface area contributed by atoms with E-state index in [2.05, 4.69) is 32.2 Å². The second-order valence-corrected chi connectivity index (χ2v) is 7.32. The minimum atomic E-state index is 0.571. The molecule has 0 spiro atoms. The first-order valence-electron chi connectivity index (χ1n) is 10.1. The lowest BCUT2D eigenvalue weighted by molar-refractivity contribution is 0.364. The van der Waals surface area contributed by atoms with E-state index in [1.54, 1.807) is 6.26 Å². The van der Waals surface area contributed by atoms with Gasteiger partial charge in [-0.15, -0.1) is 0 Å². The van der Waals surface area contributed by atoms with Crippen LogP contribution >= 0.6 is 0 Å². The van der Waals surface area contributed by atoms with E-state index in [4.69, 9.17) is 9.41 Å². The second-order valence-electron chi connectivity index (χ2n) is 7.32. The molecule has 2 aromatic rings. The van der Waals surface area contributed by atoms with Crippen molar-refractivity contribution in [3.05, 3.63) is 48.6 Å². The van der Waals surface area contributed by atoms with Crippen LogP contribution in [-0.4, -0.2) is 54.6 Å². The quantitative estimate of drug-likeness (QED) is 0.650. The Morgan fingerprint density at radius 2 is 1.96 bits per heavy atom. The van der Waals surface area contributed by atoms with Crippen molar-refractivity contribution in [2.75, 3.05) is 37.6 Å². The van der Waals surface area contributed by atoms with Crippen LogP contribution in [0.25, 0.3) is 0 Å². The molecule has 0 bridgehead atoms. The highest BCUT2D eigenvalue weighted by Gasteiger charge is 2.23. The van der Waals surface area contributed by atoms with Crippen LogP contribution in [0.1, 0.15) is 31.4 Å². The van der Waals surface area contributed by atoms with Crippen molar-refractivity contribution >= 4 is 11.8 Å². The fourth-order valence-electron chi connectivity index (χ4n) is 3.90. The molecular formula is C21H29N5O. The van der Waals surface area contributed by atoms with Crippen molar-refractivity contribution in [3.63, 3.8) is 0 Å². The Kier molecular flexibility index (Phi) is 5.92. The molecule has 6 nitrogen and oxygen atoms in total. The van der Waals surface area contributed by atoms with E-state index in [9.17, 15) is 0 Å². The second kappa shape index (κ2) is 8.93. The van der Waals surface area contributed by atoms with Gasteiger partial charge >= 0.3 is 0 Å². The maximum absolute atomic E-state index is 5.44. The summed E-state index contributed by atoms with van der Waals surface area (Å²) >= 11 is 0. The molecule has 1 aliphatic heterocycles. The third kappa shape index (κ3) is 4.81. The number of nitrogens with zero attached hydrogens (tertiary/aromatic N) is 4. The molecule has 4 rings (SSSR count). The summed E-state index contributed by atoms with van der Waals surface area (Å²) in [5, 5.41) is 3.73. The minimum Gasteiger partial charge on any atom is -0.469 e. The molecule has 1 N–H and O–H groups in total. The van der Waals surface area contributed by atoms with Gasteiger partial charge in [0.2, 0.25) is 0 Å². The molecule has 1 saturated carbocycles. The summed E-state index contributed by atoms with van der Waals surface area (Å²) in [6, 6.07) is 10.6. The normalized spacial score (nSPS) is 18.9. The number of furan rings is 1. The third-order valence-electron chi connectivity index (χ3n) is 5.44. The van der Waals surface area contributed by atoms with Gasteiger partial charge in [-0.05, 0) is 37.1 Å². The van der Waals surface area contributed by atoms with Gasteiger partial charge in [0.05, 0.1) is 6.26 Å². The van der Waals surface area contributed by atoms with Crippen LogP contribution in [0.2, 0.25) is 0 Å². The van der Waals surface area contributed by atoms with Gasteiger partial charge in [0.25, 0.3) is 0 Å². The lowest BCUT2D eigenvalue weighted by Crippen LogP contribution is -2.54. The minimum absolute atomic E-state index is 0.571. The Morgan fingerprint density at radius 3 is 2.67 bits per heavy atom. The van der Waals surface area contributed by atoms with Gasteiger partial charge in [0.1, 0.15) is 11.6 Å². The number of hydrogen-bond donors (Lipinski definition) is 1. The number of aromatic nitrogens is 1. The summed E-state index contributed by atoms with van der Waals surface area (Å²) in [7, 11) is 0. The molecular weight excluding hydrogens is 338 g/mol. The monoisotopic (exact) mass is 367 g/mol. The molecule has 0 aromatic carbocycles. The predicted molar refractivity (Wildman–Crippen MR) is 108 cm³/mol. The zero-order chi connectivity index (χ0) is 18.3. The van der Waals surface area contributed by atoms with E-state index in [1.165, 1.54) is 25.7 Å². The summed E-state index contributed by atoms with van der Waals surface area (Å²) in [6.07, 6.45) is 9.60. The molecule has 0 unspecified atom stereocenters. The number of pyridine rings is 1. The van der Waals surface area contributed by atoms with Crippen LogP contribution in [0.5, 0.6) is 0 Å². The average molecular weight is 367 g/mol. The zero-order valence-corrected chi connectivity index (χ0v) is 15.9. The maximum atomic E-state index is 5.44.